The molecule has 0 aliphatic carbocycles. The van der Waals surface area contributed by atoms with Crippen LogP contribution in [0.25, 0.3) is 0 Å². The molecule has 0 aliphatic heterocycles. The molecule has 0 radical (unpaired) electrons. The van der Waals surface area contributed by atoms with E-state index in [1.165, 1.54) is 0 Å². The molecule has 1 N–H and O–H groups in total. The first-order valence-corrected chi connectivity index (χ1v) is 5.53. The summed E-state index contributed by atoms with van der Waals surface area (Å²) in [5.41, 5.74) is 0. The summed E-state index contributed by atoms with van der Waals surface area (Å²) < 4.78 is 7.20. The van der Waals surface area contributed by atoms with Gasteiger partial charge in [0.05, 0.1) is 5.02 Å². The highest BCUT2D eigenvalue weighted by atomic mass is 35.5. The molecule has 1 aromatic heterocycles. The van der Waals surface area contributed by atoms with Gasteiger partial charge in [-0.3, -0.25) is 0 Å². The molecule has 17 heavy (non-hydrogen) atoms. The molecule has 5 nitrogen and oxygen atoms in total. The van der Waals surface area contributed by atoms with E-state index in [0.717, 1.165) is 0 Å². The minimum atomic E-state index is 0.291. The Labute approximate surface area is 104 Å². The summed E-state index contributed by atoms with van der Waals surface area (Å²) in [4.78, 5) is 4.25. The second kappa shape index (κ2) is 5.05. The van der Waals surface area contributed by atoms with Gasteiger partial charge in [-0.05, 0) is 12.1 Å². The molecular formula is C11H13ClN4O. The van der Waals surface area contributed by atoms with Crippen LogP contribution in [-0.2, 0) is 13.7 Å². The monoisotopic (exact) mass is 252 g/mol. The lowest BCUT2D eigenvalue weighted by molar-refractivity contribution is 0.295. The SMILES string of the molecule is CNc1nc(COc2ccccc2Cl)nn1C. The Bertz CT molecular complexity index is 512. The largest absolute Gasteiger partial charge is 0.484 e. The van der Waals surface area contributed by atoms with Gasteiger partial charge in [-0.25, -0.2) is 4.68 Å². The van der Waals surface area contributed by atoms with Crippen molar-refractivity contribution in [2.75, 3.05) is 12.4 Å². The van der Waals surface area contributed by atoms with Crippen molar-refractivity contribution in [3.05, 3.63) is 35.1 Å². The quantitative estimate of drug-likeness (QED) is 0.905. The van der Waals surface area contributed by atoms with E-state index in [9.17, 15) is 0 Å². The van der Waals surface area contributed by atoms with Crippen molar-refractivity contribution in [1.29, 1.82) is 0 Å². The number of nitrogens with zero attached hydrogens (tertiary/aromatic N) is 3. The third-order valence-corrected chi connectivity index (χ3v) is 2.54. The van der Waals surface area contributed by atoms with Crippen molar-refractivity contribution in [3.63, 3.8) is 0 Å². The number of aryl methyl sites for hydroxylation is 1. The van der Waals surface area contributed by atoms with E-state index in [1.807, 2.05) is 25.2 Å². The molecule has 0 aliphatic rings. The first-order chi connectivity index (χ1) is 8.20. The van der Waals surface area contributed by atoms with Crippen LogP contribution in [0.1, 0.15) is 5.82 Å². The van der Waals surface area contributed by atoms with Gasteiger partial charge in [0, 0.05) is 14.1 Å². The summed E-state index contributed by atoms with van der Waals surface area (Å²) in [6.45, 7) is 0.291. The van der Waals surface area contributed by atoms with Gasteiger partial charge in [-0.2, -0.15) is 10.1 Å². The lowest BCUT2D eigenvalue weighted by atomic mass is 10.3. The molecule has 0 saturated carbocycles. The molecule has 0 unspecified atom stereocenters. The highest BCUT2D eigenvalue weighted by Crippen LogP contribution is 2.23. The molecule has 0 amide bonds. The van der Waals surface area contributed by atoms with E-state index in [1.54, 1.807) is 17.8 Å². The number of para-hydroxylation sites is 1. The Kier molecular flexibility index (Phi) is 3.49. The predicted molar refractivity (Wildman–Crippen MR) is 66.3 cm³/mol. The molecule has 1 aromatic carbocycles. The standard InChI is InChI=1S/C11H13ClN4O/c1-13-11-14-10(15-16(11)2)7-17-9-6-4-3-5-8(9)12/h3-6H,7H2,1-2H3,(H,13,14,15). The summed E-state index contributed by atoms with van der Waals surface area (Å²) in [7, 11) is 3.61. The molecule has 90 valence electrons. The van der Waals surface area contributed by atoms with Crippen molar-refractivity contribution in [3.8, 4) is 5.75 Å². The number of nitrogens with one attached hydrogen (secondary N) is 1. The third-order valence-electron chi connectivity index (χ3n) is 2.22. The highest BCUT2D eigenvalue weighted by molar-refractivity contribution is 6.32. The lowest BCUT2D eigenvalue weighted by Gasteiger charge is -2.04. The first kappa shape index (κ1) is 11.7. The number of rotatable bonds is 4. The van der Waals surface area contributed by atoms with Gasteiger partial charge in [0.1, 0.15) is 12.4 Å². The Balaban J connectivity index is 2.05. The molecule has 0 bridgehead atoms. The lowest BCUT2D eigenvalue weighted by Crippen LogP contribution is -1.99. The average molecular weight is 253 g/mol. The smallest absolute Gasteiger partial charge is 0.220 e. The van der Waals surface area contributed by atoms with E-state index in [0.29, 0.717) is 29.2 Å². The normalized spacial score (nSPS) is 10.3. The molecular weight excluding hydrogens is 240 g/mol. The molecule has 0 spiro atoms. The van der Waals surface area contributed by atoms with Gasteiger partial charge in [0.15, 0.2) is 5.82 Å². The zero-order chi connectivity index (χ0) is 12.3. The highest BCUT2D eigenvalue weighted by Gasteiger charge is 2.07. The van der Waals surface area contributed by atoms with E-state index in [4.69, 9.17) is 16.3 Å². The Morgan fingerprint density at radius 3 is 2.82 bits per heavy atom. The number of aromatic nitrogens is 3. The molecule has 6 heteroatoms. The van der Waals surface area contributed by atoms with Gasteiger partial charge >= 0.3 is 0 Å². The maximum atomic E-state index is 5.97. The fraction of sp³-hybridized carbons (Fsp3) is 0.273. The summed E-state index contributed by atoms with van der Waals surface area (Å²) >= 11 is 5.97. The van der Waals surface area contributed by atoms with Crippen LogP contribution in [-0.4, -0.2) is 21.8 Å². The van der Waals surface area contributed by atoms with Crippen molar-refractivity contribution in [2.45, 2.75) is 6.61 Å². The summed E-state index contributed by atoms with van der Waals surface area (Å²) in [6.07, 6.45) is 0. The summed E-state index contributed by atoms with van der Waals surface area (Å²) in [5.74, 6) is 1.94. The van der Waals surface area contributed by atoms with Crippen molar-refractivity contribution in [2.24, 2.45) is 7.05 Å². The predicted octanol–water partition coefficient (Wildman–Crippen LogP) is 2.09. The minimum absolute atomic E-state index is 0.291. The van der Waals surface area contributed by atoms with Crippen molar-refractivity contribution < 1.29 is 4.74 Å². The van der Waals surface area contributed by atoms with E-state index in [2.05, 4.69) is 15.4 Å². The van der Waals surface area contributed by atoms with Crippen LogP contribution in [0.3, 0.4) is 0 Å². The summed E-state index contributed by atoms with van der Waals surface area (Å²) in [5, 5.41) is 7.71. The van der Waals surface area contributed by atoms with Crippen LogP contribution in [0.4, 0.5) is 5.95 Å². The molecule has 0 atom stereocenters. The van der Waals surface area contributed by atoms with Crippen molar-refractivity contribution in [1.82, 2.24) is 14.8 Å². The van der Waals surface area contributed by atoms with E-state index >= 15 is 0 Å². The second-order valence-electron chi connectivity index (χ2n) is 3.44. The summed E-state index contributed by atoms with van der Waals surface area (Å²) in [6, 6.07) is 7.31. The number of hydrogen-bond donors (Lipinski definition) is 1. The number of ether oxygens (including phenoxy) is 1. The number of hydrogen-bond acceptors (Lipinski definition) is 4. The Hall–Kier alpha value is -1.75. The van der Waals surface area contributed by atoms with Gasteiger partial charge in [-0.1, -0.05) is 23.7 Å². The minimum Gasteiger partial charge on any atom is -0.484 e. The fourth-order valence-corrected chi connectivity index (χ4v) is 1.61. The molecule has 0 saturated heterocycles. The van der Waals surface area contributed by atoms with Gasteiger partial charge < -0.3 is 10.1 Å². The second-order valence-corrected chi connectivity index (χ2v) is 3.85. The first-order valence-electron chi connectivity index (χ1n) is 5.15. The van der Waals surface area contributed by atoms with Crippen LogP contribution < -0.4 is 10.1 Å². The van der Waals surface area contributed by atoms with Crippen LogP contribution in [0.15, 0.2) is 24.3 Å². The molecule has 2 aromatic rings. The topological polar surface area (TPSA) is 52.0 Å². The van der Waals surface area contributed by atoms with E-state index < -0.39 is 0 Å². The maximum Gasteiger partial charge on any atom is 0.220 e. The average Bonchev–Trinajstić information content (AvgIpc) is 2.69. The zero-order valence-corrected chi connectivity index (χ0v) is 10.4. The van der Waals surface area contributed by atoms with E-state index in [-0.39, 0.29) is 0 Å². The molecule has 1 heterocycles. The number of benzene rings is 1. The van der Waals surface area contributed by atoms with Gasteiger partial charge in [0.2, 0.25) is 5.95 Å². The van der Waals surface area contributed by atoms with Gasteiger partial charge in [0.25, 0.3) is 0 Å². The molecule has 0 fully saturated rings. The van der Waals surface area contributed by atoms with Crippen LogP contribution >= 0.6 is 11.6 Å². The Morgan fingerprint density at radius 1 is 1.41 bits per heavy atom. The fourth-order valence-electron chi connectivity index (χ4n) is 1.42. The van der Waals surface area contributed by atoms with Gasteiger partial charge in [-0.15, -0.1) is 0 Å². The van der Waals surface area contributed by atoms with Crippen LogP contribution in [0, 0.1) is 0 Å². The van der Waals surface area contributed by atoms with Crippen molar-refractivity contribution >= 4 is 17.5 Å². The number of halogens is 1. The zero-order valence-electron chi connectivity index (χ0n) is 9.64. The van der Waals surface area contributed by atoms with Crippen LogP contribution in [0.2, 0.25) is 5.02 Å². The third kappa shape index (κ3) is 2.68. The van der Waals surface area contributed by atoms with Crippen LogP contribution in [0.5, 0.6) is 5.75 Å². The maximum absolute atomic E-state index is 5.97. The Morgan fingerprint density at radius 2 is 2.18 bits per heavy atom. The number of anilines is 1. The molecule has 2 rings (SSSR count).